The highest BCUT2D eigenvalue weighted by Gasteiger charge is 2.03. The van der Waals surface area contributed by atoms with Crippen molar-refractivity contribution in [3.8, 4) is 11.3 Å². The van der Waals surface area contributed by atoms with E-state index >= 15 is 0 Å². The minimum atomic E-state index is -0.970. The number of hydrogen-bond donors (Lipinski definition) is 2. The Hall–Kier alpha value is -2.73. The first-order valence-electron chi connectivity index (χ1n) is 7.26. The molecule has 120 valence electrons. The molecule has 6 heteroatoms. The molecule has 1 aromatic carbocycles. The molecule has 0 aliphatic rings. The van der Waals surface area contributed by atoms with Crippen LogP contribution in [0.5, 0.6) is 0 Å². The Labute approximate surface area is 135 Å². The van der Waals surface area contributed by atoms with Crippen LogP contribution in [0.25, 0.3) is 17.3 Å². The van der Waals surface area contributed by atoms with Gasteiger partial charge in [-0.1, -0.05) is 18.2 Å². The van der Waals surface area contributed by atoms with Gasteiger partial charge in [0.1, 0.15) is 5.82 Å². The molecule has 2 N–H and O–H groups in total. The van der Waals surface area contributed by atoms with Crippen LogP contribution in [0, 0.1) is 0 Å². The molecule has 23 heavy (non-hydrogen) atoms. The number of hydrogen-bond acceptors (Lipinski definition) is 5. The zero-order valence-corrected chi connectivity index (χ0v) is 13.2. The molecular weight excluding hydrogens is 292 g/mol. The Morgan fingerprint density at radius 1 is 1.35 bits per heavy atom. The molecule has 0 fully saturated rings. The fraction of sp³-hybridized carbons (Fsp3) is 0.235. The van der Waals surface area contributed by atoms with Gasteiger partial charge in [-0.3, -0.25) is 4.98 Å². The van der Waals surface area contributed by atoms with E-state index in [0.717, 1.165) is 41.8 Å². The number of aliphatic carboxylic acids is 1. The van der Waals surface area contributed by atoms with Gasteiger partial charge < -0.3 is 15.3 Å². The molecule has 1 heterocycles. The van der Waals surface area contributed by atoms with Crippen molar-refractivity contribution in [1.29, 1.82) is 0 Å². The normalized spacial score (nSPS) is 11.1. The molecular formula is C17H20N4O2. The van der Waals surface area contributed by atoms with Crippen LogP contribution in [0.3, 0.4) is 0 Å². The first-order valence-corrected chi connectivity index (χ1v) is 7.26. The maximum Gasteiger partial charge on any atom is 0.328 e. The van der Waals surface area contributed by atoms with E-state index in [1.165, 1.54) is 0 Å². The molecule has 2 rings (SSSR count). The number of likely N-dealkylation sites (N-methyl/N-ethyl adjacent to an activating group) is 1. The van der Waals surface area contributed by atoms with Crippen molar-refractivity contribution in [2.24, 2.45) is 0 Å². The summed E-state index contributed by atoms with van der Waals surface area (Å²) in [5.41, 5.74) is 2.43. The van der Waals surface area contributed by atoms with Crippen molar-refractivity contribution in [3.05, 3.63) is 48.3 Å². The molecule has 2 aromatic rings. The number of nitrogens with one attached hydrogen (secondary N) is 1. The van der Waals surface area contributed by atoms with Crippen LogP contribution in [0.4, 0.5) is 5.82 Å². The number of carboxylic acids is 1. The molecule has 0 bridgehead atoms. The first-order chi connectivity index (χ1) is 11.0. The zero-order valence-electron chi connectivity index (χ0n) is 13.2. The third kappa shape index (κ3) is 5.52. The van der Waals surface area contributed by atoms with Gasteiger partial charge in [-0.25, -0.2) is 9.78 Å². The van der Waals surface area contributed by atoms with Gasteiger partial charge in [0, 0.05) is 24.7 Å². The quantitative estimate of drug-likeness (QED) is 0.763. The third-order valence-corrected chi connectivity index (χ3v) is 3.10. The molecule has 0 aliphatic carbocycles. The lowest BCUT2D eigenvalue weighted by molar-refractivity contribution is -0.131. The topological polar surface area (TPSA) is 78.4 Å². The van der Waals surface area contributed by atoms with Crippen LogP contribution in [-0.2, 0) is 4.79 Å². The van der Waals surface area contributed by atoms with Crippen LogP contribution in [0.2, 0.25) is 0 Å². The van der Waals surface area contributed by atoms with Crippen molar-refractivity contribution in [2.75, 3.05) is 32.5 Å². The molecule has 1 aromatic heterocycles. The van der Waals surface area contributed by atoms with Crippen LogP contribution >= 0.6 is 0 Å². The first kappa shape index (κ1) is 16.6. The Bertz CT molecular complexity index is 698. The van der Waals surface area contributed by atoms with E-state index in [0.29, 0.717) is 0 Å². The molecule has 0 atom stereocenters. The van der Waals surface area contributed by atoms with Crippen LogP contribution in [0.1, 0.15) is 5.56 Å². The second kappa shape index (κ2) is 8.05. The van der Waals surface area contributed by atoms with Gasteiger partial charge in [0.25, 0.3) is 0 Å². The molecule has 0 amide bonds. The number of rotatable bonds is 7. The van der Waals surface area contributed by atoms with E-state index in [9.17, 15) is 4.79 Å². The number of benzene rings is 1. The number of carboxylic acid groups (broad SMARTS) is 1. The van der Waals surface area contributed by atoms with E-state index < -0.39 is 5.97 Å². The largest absolute Gasteiger partial charge is 0.478 e. The Morgan fingerprint density at radius 3 is 2.91 bits per heavy atom. The Kier molecular flexibility index (Phi) is 5.82. The highest BCUT2D eigenvalue weighted by atomic mass is 16.4. The predicted molar refractivity (Wildman–Crippen MR) is 91.2 cm³/mol. The third-order valence-electron chi connectivity index (χ3n) is 3.10. The lowest BCUT2D eigenvalue weighted by atomic mass is 10.1. The van der Waals surface area contributed by atoms with Crippen molar-refractivity contribution < 1.29 is 9.90 Å². The van der Waals surface area contributed by atoms with Gasteiger partial charge >= 0.3 is 5.97 Å². The molecule has 0 unspecified atom stereocenters. The molecule has 0 spiro atoms. The Balaban J connectivity index is 2.15. The predicted octanol–water partition coefficient (Wildman–Crippen LogP) is 2.21. The standard InChI is InChI=1S/C17H20N4O2/c1-21(2)9-8-19-16-12-18-11-15(20-16)14-5-3-4-13(10-14)6-7-17(22)23/h3-7,10-12H,8-9H2,1-2H3,(H,19,20)(H,22,23). The monoisotopic (exact) mass is 312 g/mol. The number of anilines is 1. The van der Waals surface area contributed by atoms with E-state index in [1.54, 1.807) is 18.5 Å². The van der Waals surface area contributed by atoms with Gasteiger partial charge in [-0.2, -0.15) is 0 Å². The average Bonchev–Trinajstić information content (AvgIpc) is 2.53. The fourth-order valence-corrected chi connectivity index (χ4v) is 1.97. The Morgan fingerprint density at radius 2 is 2.17 bits per heavy atom. The van der Waals surface area contributed by atoms with E-state index in [4.69, 9.17) is 5.11 Å². The number of carbonyl (C=O) groups is 1. The second-order valence-corrected chi connectivity index (χ2v) is 5.32. The van der Waals surface area contributed by atoms with Crippen molar-refractivity contribution >= 4 is 17.9 Å². The highest BCUT2D eigenvalue weighted by molar-refractivity contribution is 5.85. The fourth-order valence-electron chi connectivity index (χ4n) is 1.97. The van der Waals surface area contributed by atoms with E-state index in [2.05, 4.69) is 20.2 Å². The summed E-state index contributed by atoms with van der Waals surface area (Å²) in [5.74, 6) is -0.252. The molecule has 0 saturated heterocycles. The summed E-state index contributed by atoms with van der Waals surface area (Å²) in [6.07, 6.45) is 6.05. The van der Waals surface area contributed by atoms with Crippen LogP contribution < -0.4 is 5.32 Å². The molecule has 0 aliphatic heterocycles. The lowest BCUT2D eigenvalue weighted by Crippen LogP contribution is -2.21. The summed E-state index contributed by atoms with van der Waals surface area (Å²) >= 11 is 0. The molecule has 0 radical (unpaired) electrons. The van der Waals surface area contributed by atoms with Crippen molar-refractivity contribution in [2.45, 2.75) is 0 Å². The zero-order chi connectivity index (χ0) is 16.7. The minimum absolute atomic E-state index is 0.718. The van der Waals surface area contributed by atoms with Gasteiger partial charge in [0.2, 0.25) is 0 Å². The van der Waals surface area contributed by atoms with Crippen molar-refractivity contribution in [1.82, 2.24) is 14.9 Å². The van der Waals surface area contributed by atoms with Crippen LogP contribution in [-0.4, -0.2) is 53.1 Å². The minimum Gasteiger partial charge on any atom is -0.478 e. The molecule has 0 saturated carbocycles. The highest BCUT2D eigenvalue weighted by Crippen LogP contribution is 2.19. The summed E-state index contributed by atoms with van der Waals surface area (Å²) in [7, 11) is 4.03. The summed E-state index contributed by atoms with van der Waals surface area (Å²) in [4.78, 5) is 21.4. The number of aromatic nitrogens is 2. The summed E-state index contributed by atoms with van der Waals surface area (Å²) < 4.78 is 0. The van der Waals surface area contributed by atoms with Crippen LogP contribution in [0.15, 0.2) is 42.7 Å². The maximum absolute atomic E-state index is 10.6. The second-order valence-electron chi connectivity index (χ2n) is 5.32. The van der Waals surface area contributed by atoms with E-state index in [-0.39, 0.29) is 0 Å². The smallest absolute Gasteiger partial charge is 0.328 e. The maximum atomic E-state index is 10.6. The SMILES string of the molecule is CN(C)CCNc1cncc(-c2cccc(C=CC(=O)O)c2)n1. The summed E-state index contributed by atoms with van der Waals surface area (Å²) in [6, 6.07) is 7.51. The van der Waals surface area contributed by atoms with E-state index in [1.807, 2.05) is 38.4 Å². The summed E-state index contributed by atoms with van der Waals surface area (Å²) in [6.45, 7) is 1.69. The molecule has 6 nitrogen and oxygen atoms in total. The van der Waals surface area contributed by atoms with Gasteiger partial charge in [-0.05, 0) is 31.8 Å². The average molecular weight is 312 g/mol. The summed E-state index contributed by atoms with van der Waals surface area (Å²) in [5, 5.41) is 11.9. The van der Waals surface area contributed by atoms with Crippen molar-refractivity contribution in [3.63, 3.8) is 0 Å². The lowest BCUT2D eigenvalue weighted by Gasteiger charge is -2.11. The van der Waals surface area contributed by atoms with Gasteiger partial charge in [0.05, 0.1) is 18.1 Å². The number of nitrogens with zero attached hydrogens (tertiary/aromatic N) is 3. The van der Waals surface area contributed by atoms with Gasteiger partial charge in [-0.15, -0.1) is 0 Å². The van der Waals surface area contributed by atoms with Gasteiger partial charge in [0.15, 0.2) is 0 Å².